The van der Waals surface area contributed by atoms with E-state index in [-0.39, 0.29) is 6.42 Å². The lowest BCUT2D eigenvalue weighted by Gasteiger charge is -2.33. The lowest BCUT2D eigenvalue weighted by molar-refractivity contribution is 0.0536. The third kappa shape index (κ3) is 1.56. The van der Waals surface area contributed by atoms with Crippen molar-refractivity contribution >= 4 is 5.82 Å². The van der Waals surface area contributed by atoms with E-state index in [9.17, 15) is 8.78 Å². The zero-order valence-electron chi connectivity index (χ0n) is 9.87. The van der Waals surface area contributed by atoms with Crippen molar-refractivity contribution in [3.05, 3.63) is 23.9 Å². The molecule has 3 nitrogen and oxygen atoms in total. The summed E-state index contributed by atoms with van der Waals surface area (Å²) in [7, 11) is 0. The smallest absolute Gasteiger partial charge is 0.254 e. The number of aromatic nitrogens is 1. The highest BCUT2D eigenvalue weighted by atomic mass is 19.3. The highest BCUT2D eigenvalue weighted by Gasteiger charge is 2.70. The first kappa shape index (κ1) is 11.4. The molecule has 2 aliphatic rings. The maximum atomic E-state index is 13.3. The van der Waals surface area contributed by atoms with Gasteiger partial charge in [0.15, 0.2) is 0 Å². The van der Waals surface area contributed by atoms with Gasteiger partial charge in [-0.15, -0.1) is 0 Å². The molecule has 3 rings (SSSR count). The van der Waals surface area contributed by atoms with E-state index in [1.54, 1.807) is 18.3 Å². The third-order valence-corrected chi connectivity index (χ3v) is 4.14. The SMILES string of the molecule is N#Cc1cccnc1N1CCC2(CC1)CC2(F)F. The van der Waals surface area contributed by atoms with Crippen molar-refractivity contribution < 1.29 is 8.78 Å². The van der Waals surface area contributed by atoms with Crippen LogP contribution in [-0.4, -0.2) is 24.0 Å². The number of halogens is 2. The van der Waals surface area contributed by atoms with Crippen molar-refractivity contribution in [2.75, 3.05) is 18.0 Å². The van der Waals surface area contributed by atoms with Gasteiger partial charge in [-0.2, -0.15) is 5.26 Å². The van der Waals surface area contributed by atoms with E-state index >= 15 is 0 Å². The number of anilines is 1. The van der Waals surface area contributed by atoms with Crippen LogP contribution in [0.5, 0.6) is 0 Å². The molecule has 1 aliphatic carbocycles. The molecule has 5 heteroatoms. The zero-order chi connectivity index (χ0) is 12.8. The maximum Gasteiger partial charge on any atom is 0.254 e. The minimum Gasteiger partial charge on any atom is -0.355 e. The predicted octanol–water partition coefficient (Wildman–Crippen LogP) is 2.58. The van der Waals surface area contributed by atoms with Crippen LogP contribution in [-0.2, 0) is 0 Å². The second kappa shape index (κ2) is 3.64. The molecule has 1 saturated heterocycles. The Balaban J connectivity index is 1.76. The van der Waals surface area contributed by atoms with Crippen LogP contribution in [0.4, 0.5) is 14.6 Å². The van der Waals surface area contributed by atoms with Crippen LogP contribution in [0, 0.1) is 16.7 Å². The lowest BCUT2D eigenvalue weighted by atomic mass is 9.92. The fourth-order valence-corrected chi connectivity index (χ4v) is 2.81. The van der Waals surface area contributed by atoms with Crippen LogP contribution < -0.4 is 4.90 Å². The standard InChI is InChI=1S/C13H13F2N3/c14-13(15)9-12(13)3-6-18(7-4-12)11-10(8-16)2-1-5-17-11/h1-2,5H,3-4,6-7,9H2. The van der Waals surface area contributed by atoms with Crippen LogP contribution in [0.1, 0.15) is 24.8 Å². The second-order valence-corrected chi connectivity index (χ2v) is 5.13. The van der Waals surface area contributed by atoms with Gasteiger partial charge in [0.2, 0.25) is 0 Å². The van der Waals surface area contributed by atoms with E-state index in [1.807, 2.05) is 4.90 Å². The quantitative estimate of drug-likeness (QED) is 0.768. The van der Waals surface area contributed by atoms with Gasteiger partial charge in [-0.05, 0) is 25.0 Å². The molecule has 0 aromatic carbocycles. The molecule has 0 bridgehead atoms. The minimum absolute atomic E-state index is 0.0289. The van der Waals surface area contributed by atoms with Crippen LogP contribution in [0.2, 0.25) is 0 Å². The highest BCUT2D eigenvalue weighted by molar-refractivity contribution is 5.53. The molecule has 1 aliphatic heterocycles. The summed E-state index contributed by atoms with van der Waals surface area (Å²) in [4.78, 5) is 6.14. The molecule has 0 amide bonds. The molecule has 0 atom stereocenters. The number of alkyl halides is 2. The van der Waals surface area contributed by atoms with Crippen LogP contribution in [0.15, 0.2) is 18.3 Å². The number of rotatable bonds is 1. The van der Waals surface area contributed by atoms with Gasteiger partial charge in [-0.25, -0.2) is 13.8 Å². The fourth-order valence-electron chi connectivity index (χ4n) is 2.81. The van der Waals surface area contributed by atoms with Gasteiger partial charge in [0.25, 0.3) is 5.92 Å². The first-order chi connectivity index (χ1) is 8.58. The number of hydrogen-bond acceptors (Lipinski definition) is 3. The van der Waals surface area contributed by atoms with E-state index in [2.05, 4.69) is 11.1 Å². The molecule has 1 spiro atoms. The largest absolute Gasteiger partial charge is 0.355 e. The highest BCUT2D eigenvalue weighted by Crippen LogP contribution is 2.65. The summed E-state index contributed by atoms with van der Waals surface area (Å²) in [6.45, 7) is 1.11. The molecular weight excluding hydrogens is 236 g/mol. The molecule has 1 aromatic heterocycles. The number of hydrogen-bond donors (Lipinski definition) is 0. The molecule has 1 saturated carbocycles. The number of pyridine rings is 1. The van der Waals surface area contributed by atoms with Gasteiger partial charge in [0.05, 0.1) is 5.56 Å². The summed E-state index contributed by atoms with van der Waals surface area (Å²) >= 11 is 0. The average molecular weight is 249 g/mol. The van der Waals surface area contributed by atoms with E-state index in [0.717, 1.165) is 0 Å². The molecule has 0 N–H and O–H groups in total. The Bertz CT molecular complexity index is 513. The molecule has 94 valence electrons. The Morgan fingerprint density at radius 1 is 1.33 bits per heavy atom. The Morgan fingerprint density at radius 3 is 2.56 bits per heavy atom. The van der Waals surface area contributed by atoms with Crippen molar-refractivity contribution in [3.8, 4) is 6.07 Å². The summed E-state index contributed by atoms with van der Waals surface area (Å²) in [5.41, 5.74) is -0.249. The Hall–Kier alpha value is -1.70. The Labute approximate surface area is 104 Å². The van der Waals surface area contributed by atoms with Gasteiger partial charge < -0.3 is 4.90 Å². The Kier molecular flexibility index (Phi) is 2.31. The predicted molar refractivity (Wildman–Crippen MR) is 62.4 cm³/mol. The molecule has 18 heavy (non-hydrogen) atoms. The third-order valence-electron chi connectivity index (χ3n) is 4.14. The molecular formula is C13H13F2N3. The summed E-state index contributed by atoms with van der Waals surface area (Å²) < 4.78 is 26.5. The Morgan fingerprint density at radius 2 is 2.00 bits per heavy atom. The maximum absolute atomic E-state index is 13.3. The fraction of sp³-hybridized carbons (Fsp3) is 0.538. The lowest BCUT2D eigenvalue weighted by Crippen LogP contribution is -2.37. The topological polar surface area (TPSA) is 39.9 Å². The monoisotopic (exact) mass is 249 g/mol. The van der Waals surface area contributed by atoms with Crippen molar-refractivity contribution in [3.63, 3.8) is 0 Å². The number of nitrogens with zero attached hydrogens (tertiary/aromatic N) is 3. The molecule has 2 fully saturated rings. The van der Waals surface area contributed by atoms with Gasteiger partial charge in [-0.1, -0.05) is 0 Å². The van der Waals surface area contributed by atoms with Gasteiger partial charge in [0.1, 0.15) is 11.9 Å². The summed E-state index contributed by atoms with van der Waals surface area (Å²) in [5, 5.41) is 9.01. The number of piperidine rings is 1. The molecule has 0 radical (unpaired) electrons. The van der Waals surface area contributed by atoms with E-state index < -0.39 is 11.3 Å². The van der Waals surface area contributed by atoms with E-state index in [0.29, 0.717) is 37.3 Å². The zero-order valence-corrected chi connectivity index (χ0v) is 9.87. The van der Waals surface area contributed by atoms with E-state index in [1.165, 1.54) is 0 Å². The number of nitriles is 1. The van der Waals surface area contributed by atoms with Crippen LogP contribution in [0.3, 0.4) is 0 Å². The first-order valence-electron chi connectivity index (χ1n) is 6.06. The summed E-state index contributed by atoms with van der Waals surface area (Å²) in [6.07, 6.45) is 2.64. The van der Waals surface area contributed by atoms with Crippen molar-refractivity contribution in [2.24, 2.45) is 5.41 Å². The van der Waals surface area contributed by atoms with Gasteiger partial charge in [-0.3, -0.25) is 0 Å². The first-order valence-corrected chi connectivity index (χ1v) is 6.06. The summed E-state index contributed by atoms with van der Waals surface area (Å²) in [5.74, 6) is -1.85. The van der Waals surface area contributed by atoms with Crippen molar-refractivity contribution in [1.29, 1.82) is 5.26 Å². The molecule has 0 unspecified atom stereocenters. The van der Waals surface area contributed by atoms with Crippen LogP contribution in [0.25, 0.3) is 0 Å². The van der Waals surface area contributed by atoms with E-state index in [4.69, 9.17) is 5.26 Å². The summed E-state index contributed by atoms with van der Waals surface area (Å²) in [6, 6.07) is 5.51. The van der Waals surface area contributed by atoms with Crippen molar-refractivity contribution in [1.82, 2.24) is 4.98 Å². The molecule has 1 aromatic rings. The molecule has 2 heterocycles. The van der Waals surface area contributed by atoms with Crippen molar-refractivity contribution in [2.45, 2.75) is 25.2 Å². The minimum atomic E-state index is -2.47. The average Bonchev–Trinajstić information content (AvgIpc) is 2.91. The van der Waals surface area contributed by atoms with Gasteiger partial charge in [0, 0.05) is 31.1 Å². The normalized spacial score (nSPS) is 23.7. The van der Waals surface area contributed by atoms with Gasteiger partial charge >= 0.3 is 0 Å². The van der Waals surface area contributed by atoms with Crippen LogP contribution >= 0.6 is 0 Å². The second-order valence-electron chi connectivity index (χ2n) is 5.13.